The van der Waals surface area contributed by atoms with Crippen molar-refractivity contribution in [2.75, 3.05) is 11.4 Å². The minimum Gasteiger partial charge on any atom is -0.388 e. The quantitative estimate of drug-likeness (QED) is 0.873. The van der Waals surface area contributed by atoms with Gasteiger partial charge in [0.15, 0.2) is 0 Å². The molecule has 1 unspecified atom stereocenters. The van der Waals surface area contributed by atoms with Crippen LogP contribution in [0.4, 0.5) is 5.69 Å². The van der Waals surface area contributed by atoms with Gasteiger partial charge < -0.3 is 10.0 Å². The first-order valence-corrected chi connectivity index (χ1v) is 6.89. The monoisotopic (exact) mass is 287 g/mol. The smallest absolute Gasteiger partial charge is 0.258 e. The van der Waals surface area contributed by atoms with Gasteiger partial charge >= 0.3 is 0 Å². The Labute approximate surface area is 122 Å². The predicted octanol–water partition coefficient (Wildman–Crippen LogP) is 3.42. The second kappa shape index (κ2) is 5.27. The number of rotatable bonds is 1. The molecule has 1 heterocycles. The van der Waals surface area contributed by atoms with Crippen LogP contribution in [0.15, 0.2) is 48.5 Å². The number of aliphatic hydroxyl groups excluding tert-OH is 1. The Hall–Kier alpha value is -1.84. The molecule has 0 spiro atoms. The van der Waals surface area contributed by atoms with E-state index in [0.29, 0.717) is 29.1 Å². The number of carbonyl (C=O) groups excluding carboxylic acids is 1. The lowest BCUT2D eigenvalue weighted by Crippen LogP contribution is -2.36. The molecule has 3 rings (SSSR count). The lowest BCUT2D eigenvalue weighted by Gasteiger charge is -2.32. The van der Waals surface area contributed by atoms with E-state index in [1.807, 2.05) is 18.2 Å². The predicted molar refractivity (Wildman–Crippen MR) is 79.1 cm³/mol. The fourth-order valence-corrected chi connectivity index (χ4v) is 2.69. The SMILES string of the molecule is O=C(c1ccccc1)N1CCC(O)c2cc(Cl)ccc21. The number of amides is 1. The number of nitrogens with zero attached hydrogens (tertiary/aromatic N) is 1. The van der Waals surface area contributed by atoms with Gasteiger partial charge in [0.25, 0.3) is 5.91 Å². The molecule has 4 heteroatoms. The zero-order chi connectivity index (χ0) is 14.1. The molecule has 1 N–H and O–H groups in total. The third-order valence-electron chi connectivity index (χ3n) is 3.53. The van der Waals surface area contributed by atoms with E-state index in [0.717, 1.165) is 5.69 Å². The van der Waals surface area contributed by atoms with E-state index in [1.54, 1.807) is 35.2 Å². The Morgan fingerprint density at radius 3 is 2.70 bits per heavy atom. The molecule has 1 atom stereocenters. The van der Waals surface area contributed by atoms with E-state index >= 15 is 0 Å². The van der Waals surface area contributed by atoms with Crippen LogP contribution in [-0.2, 0) is 0 Å². The number of hydrogen-bond acceptors (Lipinski definition) is 2. The van der Waals surface area contributed by atoms with Gasteiger partial charge in [-0.05, 0) is 36.8 Å². The second-order valence-electron chi connectivity index (χ2n) is 4.83. The van der Waals surface area contributed by atoms with Gasteiger partial charge in [0.1, 0.15) is 0 Å². The van der Waals surface area contributed by atoms with Crippen molar-refractivity contribution in [1.29, 1.82) is 0 Å². The van der Waals surface area contributed by atoms with Crippen molar-refractivity contribution >= 4 is 23.2 Å². The van der Waals surface area contributed by atoms with Crippen LogP contribution in [0.5, 0.6) is 0 Å². The van der Waals surface area contributed by atoms with E-state index in [9.17, 15) is 9.90 Å². The van der Waals surface area contributed by atoms with Crippen LogP contribution in [0.2, 0.25) is 5.02 Å². The van der Waals surface area contributed by atoms with E-state index < -0.39 is 6.10 Å². The molecule has 1 aliphatic heterocycles. The largest absolute Gasteiger partial charge is 0.388 e. The summed E-state index contributed by atoms with van der Waals surface area (Å²) in [5.41, 5.74) is 2.10. The Morgan fingerprint density at radius 1 is 1.20 bits per heavy atom. The van der Waals surface area contributed by atoms with Crippen LogP contribution in [-0.4, -0.2) is 17.6 Å². The fraction of sp³-hybridized carbons (Fsp3) is 0.188. The molecular weight excluding hydrogens is 274 g/mol. The summed E-state index contributed by atoms with van der Waals surface area (Å²) in [6, 6.07) is 14.4. The number of hydrogen-bond donors (Lipinski definition) is 1. The first-order valence-electron chi connectivity index (χ1n) is 6.51. The minimum absolute atomic E-state index is 0.0546. The molecule has 0 aliphatic carbocycles. The van der Waals surface area contributed by atoms with E-state index in [1.165, 1.54) is 0 Å². The van der Waals surface area contributed by atoms with Crippen LogP contribution in [0.25, 0.3) is 0 Å². The second-order valence-corrected chi connectivity index (χ2v) is 5.27. The molecule has 0 fully saturated rings. The molecule has 20 heavy (non-hydrogen) atoms. The van der Waals surface area contributed by atoms with Gasteiger partial charge in [0.05, 0.1) is 6.10 Å². The van der Waals surface area contributed by atoms with Crippen molar-refractivity contribution in [3.63, 3.8) is 0 Å². The van der Waals surface area contributed by atoms with Crippen molar-refractivity contribution in [1.82, 2.24) is 0 Å². The molecule has 0 saturated heterocycles. The van der Waals surface area contributed by atoms with Crippen LogP contribution in [0.3, 0.4) is 0 Å². The number of benzene rings is 2. The minimum atomic E-state index is -0.566. The highest BCUT2D eigenvalue weighted by atomic mass is 35.5. The van der Waals surface area contributed by atoms with Crippen molar-refractivity contribution in [2.45, 2.75) is 12.5 Å². The van der Waals surface area contributed by atoms with Crippen molar-refractivity contribution in [2.24, 2.45) is 0 Å². The maximum atomic E-state index is 12.6. The number of halogens is 1. The molecule has 0 radical (unpaired) electrons. The third-order valence-corrected chi connectivity index (χ3v) is 3.77. The first kappa shape index (κ1) is 13.2. The molecule has 2 aromatic rings. The number of anilines is 1. The Morgan fingerprint density at radius 2 is 1.95 bits per heavy atom. The van der Waals surface area contributed by atoms with Gasteiger partial charge in [0.2, 0.25) is 0 Å². The zero-order valence-electron chi connectivity index (χ0n) is 10.8. The fourth-order valence-electron chi connectivity index (χ4n) is 2.51. The van der Waals surface area contributed by atoms with Gasteiger partial charge in [0, 0.05) is 28.4 Å². The third kappa shape index (κ3) is 2.30. The van der Waals surface area contributed by atoms with Crippen molar-refractivity contribution in [3.8, 4) is 0 Å². The van der Waals surface area contributed by atoms with E-state index in [2.05, 4.69) is 0 Å². The molecular formula is C16H14ClNO2. The Bertz CT molecular complexity index is 642. The Balaban J connectivity index is 2.01. The van der Waals surface area contributed by atoms with Gasteiger partial charge in [-0.15, -0.1) is 0 Å². The summed E-state index contributed by atoms with van der Waals surface area (Å²) in [6.45, 7) is 0.503. The van der Waals surface area contributed by atoms with Crippen LogP contribution >= 0.6 is 11.6 Å². The molecule has 2 aromatic carbocycles. The van der Waals surface area contributed by atoms with Gasteiger partial charge in [-0.1, -0.05) is 29.8 Å². The number of aliphatic hydroxyl groups is 1. The van der Waals surface area contributed by atoms with Gasteiger partial charge in [-0.25, -0.2) is 0 Å². The first-order chi connectivity index (χ1) is 9.66. The normalized spacial score (nSPS) is 17.7. The summed E-state index contributed by atoms with van der Waals surface area (Å²) < 4.78 is 0. The summed E-state index contributed by atoms with van der Waals surface area (Å²) in [7, 11) is 0. The molecule has 1 amide bonds. The van der Waals surface area contributed by atoms with Crippen molar-refractivity contribution in [3.05, 3.63) is 64.7 Å². The average Bonchev–Trinajstić information content (AvgIpc) is 2.48. The lowest BCUT2D eigenvalue weighted by atomic mass is 9.98. The Kier molecular flexibility index (Phi) is 3.47. The molecule has 1 aliphatic rings. The molecule has 102 valence electrons. The van der Waals surface area contributed by atoms with E-state index in [-0.39, 0.29) is 5.91 Å². The van der Waals surface area contributed by atoms with Crippen molar-refractivity contribution < 1.29 is 9.90 Å². The zero-order valence-corrected chi connectivity index (χ0v) is 11.5. The van der Waals surface area contributed by atoms with Crippen LogP contribution < -0.4 is 4.90 Å². The number of fused-ring (bicyclic) bond motifs is 1. The highest BCUT2D eigenvalue weighted by Crippen LogP contribution is 2.36. The molecule has 0 bridgehead atoms. The van der Waals surface area contributed by atoms with E-state index in [4.69, 9.17) is 11.6 Å². The van der Waals surface area contributed by atoms with Crippen LogP contribution in [0, 0.1) is 0 Å². The topological polar surface area (TPSA) is 40.5 Å². The van der Waals surface area contributed by atoms with Gasteiger partial charge in [-0.2, -0.15) is 0 Å². The highest BCUT2D eigenvalue weighted by molar-refractivity contribution is 6.30. The summed E-state index contributed by atoms with van der Waals surface area (Å²) in [6.07, 6.45) is -0.0464. The molecule has 0 aromatic heterocycles. The maximum Gasteiger partial charge on any atom is 0.258 e. The van der Waals surface area contributed by atoms with Crippen LogP contribution in [0.1, 0.15) is 28.4 Å². The summed E-state index contributed by atoms with van der Waals surface area (Å²) in [4.78, 5) is 14.3. The average molecular weight is 288 g/mol. The molecule has 0 saturated carbocycles. The number of carbonyl (C=O) groups is 1. The summed E-state index contributed by atoms with van der Waals surface area (Å²) in [5, 5.41) is 10.6. The lowest BCUT2D eigenvalue weighted by molar-refractivity contribution is 0.0970. The summed E-state index contributed by atoms with van der Waals surface area (Å²) in [5.74, 6) is -0.0546. The maximum absolute atomic E-state index is 12.6. The molecule has 3 nitrogen and oxygen atoms in total. The standard InChI is InChI=1S/C16H14ClNO2/c17-12-6-7-14-13(10-12)15(19)8-9-18(14)16(20)11-4-2-1-3-5-11/h1-7,10,15,19H,8-9H2. The summed E-state index contributed by atoms with van der Waals surface area (Å²) >= 11 is 5.97. The van der Waals surface area contributed by atoms with Gasteiger partial charge in [-0.3, -0.25) is 4.79 Å². The highest BCUT2D eigenvalue weighted by Gasteiger charge is 2.28.